The zero-order valence-corrected chi connectivity index (χ0v) is 21.7. The number of phenols is 1. The smallest absolute Gasteiger partial charge is 0.323 e. The van der Waals surface area contributed by atoms with E-state index in [9.17, 15) is 19.8 Å². The standard InChI is InChI=1S/C32H30N4O4/c37-28-16-14-25(26-15-17-30(39)36-31(26)28)29(38)20-33-19-18-21-10-12-23(13-11-21)34-32(40)35-27-9-5-4-8-24(27)22-6-2-1-3-7-22/h1-17,29,33,37-38H,18-20H2,(H,36,39)(H2,34,35,40). The first-order chi connectivity index (χ1) is 19.5. The van der Waals surface area contributed by atoms with Crippen molar-refractivity contribution in [1.29, 1.82) is 0 Å². The van der Waals surface area contributed by atoms with Gasteiger partial charge in [0.15, 0.2) is 0 Å². The van der Waals surface area contributed by atoms with Gasteiger partial charge in [0, 0.05) is 29.2 Å². The van der Waals surface area contributed by atoms with E-state index in [4.69, 9.17) is 0 Å². The lowest BCUT2D eigenvalue weighted by Crippen LogP contribution is -2.24. The summed E-state index contributed by atoms with van der Waals surface area (Å²) >= 11 is 0. The predicted molar refractivity (Wildman–Crippen MR) is 159 cm³/mol. The Morgan fingerprint density at radius 2 is 1.57 bits per heavy atom. The van der Waals surface area contributed by atoms with Crippen LogP contribution in [0.1, 0.15) is 17.2 Å². The number of pyridine rings is 1. The number of aromatic amines is 1. The van der Waals surface area contributed by atoms with Crippen LogP contribution in [-0.4, -0.2) is 34.3 Å². The predicted octanol–water partition coefficient (Wildman–Crippen LogP) is 5.41. The van der Waals surface area contributed by atoms with Gasteiger partial charge in [0.25, 0.3) is 0 Å². The Bertz CT molecular complexity index is 1670. The minimum Gasteiger partial charge on any atom is -0.506 e. The molecule has 0 fully saturated rings. The van der Waals surface area contributed by atoms with Crippen LogP contribution in [0.15, 0.2) is 108 Å². The number of rotatable bonds is 9. The number of carbonyl (C=O) groups excluding carboxylic acids is 1. The number of para-hydroxylation sites is 1. The molecule has 8 nitrogen and oxygen atoms in total. The van der Waals surface area contributed by atoms with Crippen molar-refractivity contribution in [3.05, 3.63) is 125 Å². The highest BCUT2D eigenvalue weighted by atomic mass is 16.3. The number of urea groups is 1. The second-order valence-electron chi connectivity index (χ2n) is 9.44. The van der Waals surface area contributed by atoms with Gasteiger partial charge in [-0.15, -0.1) is 0 Å². The molecule has 0 aliphatic rings. The van der Waals surface area contributed by atoms with Gasteiger partial charge < -0.3 is 31.1 Å². The summed E-state index contributed by atoms with van der Waals surface area (Å²) in [7, 11) is 0. The summed E-state index contributed by atoms with van der Waals surface area (Å²) in [6, 6.07) is 31.0. The number of benzene rings is 4. The van der Waals surface area contributed by atoms with E-state index < -0.39 is 6.10 Å². The zero-order valence-electron chi connectivity index (χ0n) is 21.7. The van der Waals surface area contributed by atoms with Crippen molar-refractivity contribution in [2.75, 3.05) is 23.7 Å². The monoisotopic (exact) mass is 534 g/mol. The van der Waals surface area contributed by atoms with Gasteiger partial charge in [-0.05, 0) is 60.0 Å². The van der Waals surface area contributed by atoms with E-state index in [1.165, 1.54) is 12.1 Å². The first kappa shape index (κ1) is 26.7. The fourth-order valence-corrected chi connectivity index (χ4v) is 4.63. The molecule has 0 saturated carbocycles. The Morgan fingerprint density at radius 3 is 2.38 bits per heavy atom. The number of anilines is 2. The van der Waals surface area contributed by atoms with Crippen molar-refractivity contribution in [2.24, 2.45) is 0 Å². The molecule has 2 amide bonds. The van der Waals surface area contributed by atoms with Gasteiger partial charge in [-0.2, -0.15) is 0 Å². The summed E-state index contributed by atoms with van der Waals surface area (Å²) in [6.07, 6.45) is -0.0843. The number of hydrogen-bond acceptors (Lipinski definition) is 5. The molecule has 0 bridgehead atoms. The molecule has 6 N–H and O–H groups in total. The minimum atomic E-state index is -0.814. The SMILES string of the molecule is O=C(Nc1ccc(CCNCC(O)c2ccc(O)c3[nH]c(=O)ccc23)cc1)Nc1ccccc1-c1ccccc1. The van der Waals surface area contributed by atoms with Crippen molar-refractivity contribution < 1.29 is 15.0 Å². The Kier molecular flexibility index (Phi) is 8.20. The van der Waals surface area contributed by atoms with E-state index in [1.807, 2.05) is 78.9 Å². The van der Waals surface area contributed by atoms with Crippen LogP contribution in [0, 0.1) is 0 Å². The Hall–Kier alpha value is -4.92. The molecule has 0 spiro atoms. The minimum absolute atomic E-state index is 0.0379. The molecule has 5 aromatic rings. The molecule has 1 heterocycles. The first-order valence-corrected chi connectivity index (χ1v) is 13.0. The van der Waals surface area contributed by atoms with Crippen molar-refractivity contribution in [2.45, 2.75) is 12.5 Å². The van der Waals surface area contributed by atoms with E-state index in [0.29, 0.717) is 35.2 Å². The largest absolute Gasteiger partial charge is 0.506 e. The van der Waals surface area contributed by atoms with Crippen molar-refractivity contribution in [1.82, 2.24) is 10.3 Å². The summed E-state index contributed by atoms with van der Waals surface area (Å²) in [5, 5.41) is 30.4. The van der Waals surface area contributed by atoms with Crippen LogP contribution in [0.5, 0.6) is 5.75 Å². The van der Waals surface area contributed by atoms with E-state index in [0.717, 1.165) is 28.8 Å². The number of phenolic OH excluding ortho intramolecular Hbond substituents is 1. The first-order valence-electron chi connectivity index (χ1n) is 13.0. The molecule has 0 radical (unpaired) electrons. The van der Waals surface area contributed by atoms with E-state index in [-0.39, 0.29) is 17.3 Å². The van der Waals surface area contributed by atoms with Gasteiger partial charge in [-0.3, -0.25) is 4.79 Å². The Morgan fingerprint density at radius 1 is 0.825 bits per heavy atom. The number of carbonyl (C=O) groups is 1. The van der Waals surface area contributed by atoms with Gasteiger partial charge in [-0.25, -0.2) is 4.79 Å². The number of aliphatic hydroxyl groups excluding tert-OH is 1. The fraction of sp³-hybridized carbons (Fsp3) is 0.125. The van der Waals surface area contributed by atoms with Crippen LogP contribution < -0.4 is 21.5 Å². The lowest BCUT2D eigenvalue weighted by Gasteiger charge is -2.15. The highest BCUT2D eigenvalue weighted by molar-refractivity contribution is 6.02. The molecule has 1 unspecified atom stereocenters. The second kappa shape index (κ2) is 12.3. The summed E-state index contributed by atoms with van der Waals surface area (Å²) in [5.41, 5.74) is 5.07. The molecule has 4 aromatic carbocycles. The lowest BCUT2D eigenvalue weighted by atomic mass is 10.0. The molecule has 1 aromatic heterocycles. The van der Waals surface area contributed by atoms with E-state index >= 15 is 0 Å². The van der Waals surface area contributed by atoms with Gasteiger partial charge in [-0.1, -0.05) is 66.7 Å². The molecular weight excluding hydrogens is 504 g/mol. The summed E-state index contributed by atoms with van der Waals surface area (Å²) in [5.74, 6) is -0.0379. The second-order valence-corrected chi connectivity index (χ2v) is 9.44. The lowest BCUT2D eigenvalue weighted by molar-refractivity contribution is 0.176. The van der Waals surface area contributed by atoms with Crippen LogP contribution in [0.25, 0.3) is 22.0 Å². The molecule has 202 valence electrons. The van der Waals surface area contributed by atoms with E-state index in [1.54, 1.807) is 12.1 Å². The highest BCUT2D eigenvalue weighted by Crippen LogP contribution is 2.29. The normalized spacial score (nSPS) is 11.7. The van der Waals surface area contributed by atoms with Crippen LogP contribution >= 0.6 is 0 Å². The number of amides is 2. The Balaban J connectivity index is 1.12. The van der Waals surface area contributed by atoms with Gasteiger partial charge in [0.05, 0.1) is 17.3 Å². The van der Waals surface area contributed by atoms with Gasteiger partial charge in [0.1, 0.15) is 5.75 Å². The molecule has 0 aliphatic carbocycles. The maximum absolute atomic E-state index is 12.7. The molecular formula is C32H30N4O4. The Labute approximate surface area is 231 Å². The maximum Gasteiger partial charge on any atom is 0.323 e. The fourth-order valence-electron chi connectivity index (χ4n) is 4.63. The number of fused-ring (bicyclic) bond motifs is 1. The summed E-state index contributed by atoms with van der Waals surface area (Å²) < 4.78 is 0. The van der Waals surface area contributed by atoms with Gasteiger partial charge in [0.2, 0.25) is 5.56 Å². The maximum atomic E-state index is 12.7. The van der Waals surface area contributed by atoms with Crippen LogP contribution in [0.4, 0.5) is 16.2 Å². The average molecular weight is 535 g/mol. The number of hydrogen-bond donors (Lipinski definition) is 6. The third-order valence-electron chi connectivity index (χ3n) is 6.67. The van der Waals surface area contributed by atoms with Crippen molar-refractivity contribution >= 4 is 28.3 Å². The van der Waals surface area contributed by atoms with E-state index in [2.05, 4.69) is 20.9 Å². The molecule has 0 saturated heterocycles. The van der Waals surface area contributed by atoms with Gasteiger partial charge >= 0.3 is 6.03 Å². The molecule has 8 heteroatoms. The summed E-state index contributed by atoms with van der Waals surface area (Å²) in [6.45, 7) is 0.941. The number of aliphatic hydroxyl groups is 1. The number of aromatic nitrogens is 1. The third kappa shape index (κ3) is 6.37. The third-order valence-corrected chi connectivity index (χ3v) is 6.67. The van der Waals surface area contributed by atoms with Crippen LogP contribution in [-0.2, 0) is 6.42 Å². The molecule has 5 rings (SSSR count). The average Bonchev–Trinajstić information content (AvgIpc) is 2.97. The number of H-pyrrole nitrogens is 1. The quantitative estimate of drug-likeness (QED) is 0.141. The molecule has 40 heavy (non-hydrogen) atoms. The van der Waals surface area contributed by atoms with Crippen molar-refractivity contribution in [3.8, 4) is 16.9 Å². The van der Waals surface area contributed by atoms with Crippen LogP contribution in [0.3, 0.4) is 0 Å². The number of nitrogens with one attached hydrogen (secondary N) is 4. The van der Waals surface area contributed by atoms with Crippen LogP contribution in [0.2, 0.25) is 0 Å². The summed E-state index contributed by atoms with van der Waals surface area (Å²) in [4.78, 5) is 26.9. The molecule has 1 atom stereocenters. The molecule has 0 aliphatic heterocycles. The number of aromatic hydroxyl groups is 1. The topological polar surface area (TPSA) is 126 Å². The highest BCUT2D eigenvalue weighted by Gasteiger charge is 2.14. The van der Waals surface area contributed by atoms with Crippen molar-refractivity contribution in [3.63, 3.8) is 0 Å². The zero-order chi connectivity index (χ0) is 27.9.